The Kier molecular flexibility index (Phi) is 6.43. The molecule has 21 heavy (non-hydrogen) atoms. The Labute approximate surface area is 133 Å². The van der Waals surface area contributed by atoms with Crippen LogP contribution in [-0.2, 0) is 10.3 Å². The molecule has 1 aliphatic rings. The Bertz CT molecular complexity index is 491. The van der Waals surface area contributed by atoms with E-state index in [9.17, 15) is 13.6 Å². The number of hydrogen-bond donors (Lipinski definition) is 2. The number of rotatable bonds is 6. The molecule has 118 valence electrons. The molecule has 0 heterocycles. The van der Waals surface area contributed by atoms with Gasteiger partial charge in [0.2, 0.25) is 5.91 Å². The molecule has 0 bridgehead atoms. The third-order valence-electron chi connectivity index (χ3n) is 3.50. The standard InChI is InChI=1S/C14H18F2N2OS.ClH/c1-20-5-2-12(17)13(19)18-14(3-4-14)9-6-10(15)8-11(16)7-9;/h6-8,12H,2-5,17H2,1H3,(H,18,19);1H/t12-;/m0./s1. The van der Waals surface area contributed by atoms with Crippen molar-refractivity contribution in [2.45, 2.75) is 30.8 Å². The molecule has 0 spiro atoms. The van der Waals surface area contributed by atoms with Crippen LogP contribution in [0.15, 0.2) is 18.2 Å². The Balaban J connectivity index is 0.00000220. The van der Waals surface area contributed by atoms with Gasteiger partial charge in [0.05, 0.1) is 11.6 Å². The molecule has 1 fully saturated rings. The second kappa shape index (κ2) is 7.42. The van der Waals surface area contributed by atoms with Gasteiger partial charge in [-0.25, -0.2) is 8.78 Å². The van der Waals surface area contributed by atoms with E-state index in [-0.39, 0.29) is 18.3 Å². The van der Waals surface area contributed by atoms with Crippen LogP contribution in [0.5, 0.6) is 0 Å². The van der Waals surface area contributed by atoms with Crippen LogP contribution in [-0.4, -0.2) is 24.0 Å². The van der Waals surface area contributed by atoms with E-state index in [1.54, 1.807) is 11.8 Å². The fourth-order valence-corrected chi connectivity index (χ4v) is 2.64. The van der Waals surface area contributed by atoms with E-state index in [2.05, 4.69) is 5.32 Å². The minimum Gasteiger partial charge on any atom is -0.345 e. The summed E-state index contributed by atoms with van der Waals surface area (Å²) < 4.78 is 26.5. The van der Waals surface area contributed by atoms with Crippen molar-refractivity contribution < 1.29 is 13.6 Å². The van der Waals surface area contributed by atoms with Gasteiger partial charge in [0, 0.05) is 6.07 Å². The fourth-order valence-electron chi connectivity index (χ4n) is 2.15. The van der Waals surface area contributed by atoms with E-state index in [1.165, 1.54) is 12.1 Å². The molecule has 7 heteroatoms. The summed E-state index contributed by atoms with van der Waals surface area (Å²) >= 11 is 1.62. The number of halogens is 3. The van der Waals surface area contributed by atoms with Gasteiger partial charge in [-0.2, -0.15) is 11.8 Å². The van der Waals surface area contributed by atoms with Crippen LogP contribution in [0.3, 0.4) is 0 Å². The Hall–Kier alpha value is -0.850. The second-order valence-corrected chi connectivity index (χ2v) is 6.10. The molecule has 0 aromatic heterocycles. The van der Waals surface area contributed by atoms with Gasteiger partial charge in [-0.05, 0) is 49.0 Å². The van der Waals surface area contributed by atoms with Crippen molar-refractivity contribution in [3.8, 4) is 0 Å². The summed E-state index contributed by atoms with van der Waals surface area (Å²) in [6, 6.07) is 2.78. The smallest absolute Gasteiger partial charge is 0.237 e. The van der Waals surface area contributed by atoms with Crippen molar-refractivity contribution in [3.05, 3.63) is 35.4 Å². The number of nitrogens with one attached hydrogen (secondary N) is 1. The first-order chi connectivity index (χ1) is 9.47. The van der Waals surface area contributed by atoms with Gasteiger partial charge in [-0.1, -0.05) is 0 Å². The maximum Gasteiger partial charge on any atom is 0.237 e. The van der Waals surface area contributed by atoms with E-state index in [0.717, 1.165) is 11.8 Å². The molecule has 0 aliphatic heterocycles. The Morgan fingerprint density at radius 3 is 2.43 bits per heavy atom. The van der Waals surface area contributed by atoms with Crippen molar-refractivity contribution in [2.24, 2.45) is 5.73 Å². The molecule has 0 saturated heterocycles. The summed E-state index contributed by atoms with van der Waals surface area (Å²) in [7, 11) is 0. The molecule has 1 amide bonds. The van der Waals surface area contributed by atoms with Crippen molar-refractivity contribution in [3.63, 3.8) is 0 Å². The second-order valence-electron chi connectivity index (χ2n) is 5.12. The van der Waals surface area contributed by atoms with Crippen LogP contribution in [0.2, 0.25) is 0 Å². The number of benzene rings is 1. The SMILES string of the molecule is CSCC[C@H](N)C(=O)NC1(c2cc(F)cc(F)c2)CC1.Cl. The van der Waals surface area contributed by atoms with Gasteiger partial charge >= 0.3 is 0 Å². The molecule has 1 aromatic carbocycles. The molecule has 1 aromatic rings. The average molecular weight is 337 g/mol. The average Bonchev–Trinajstić information content (AvgIpc) is 3.15. The van der Waals surface area contributed by atoms with E-state index in [4.69, 9.17) is 5.73 Å². The van der Waals surface area contributed by atoms with Crippen LogP contribution < -0.4 is 11.1 Å². The van der Waals surface area contributed by atoms with Gasteiger partial charge in [0.15, 0.2) is 0 Å². The molecular formula is C14H19ClF2N2OS. The van der Waals surface area contributed by atoms with Crippen LogP contribution in [0.1, 0.15) is 24.8 Å². The highest BCUT2D eigenvalue weighted by Gasteiger charge is 2.46. The van der Waals surface area contributed by atoms with Crippen molar-refractivity contribution in [1.82, 2.24) is 5.32 Å². The van der Waals surface area contributed by atoms with Crippen LogP contribution >= 0.6 is 24.2 Å². The van der Waals surface area contributed by atoms with Crippen molar-refractivity contribution >= 4 is 30.1 Å². The largest absolute Gasteiger partial charge is 0.345 e. The Morgan fingerprint density at radius 2 is 1.95 bits per heavy atom. The highest BCUT2D eigenvalue weighted by atomic mass is 35.5. The maximum atomic E-state index is 13.3. The third kappa shape index (κ3) is 4.56. The Morgan fingerprint density at radius 1 is 1.38 bits per heavy atom. The molecule has 3 N–H and O–H groups in total. The first-order valence-corrected chi connectivity index (χ1v) is 7.89. The lowest BCUT2D eigenvalue weighted by Gasteiger charge is -2.21. The summed E-state index contributed by atoms with van der Waals surface area (Å²) in [4.78, 5) is 12.0. The predicted molar refractivity (Wildman–Crippen MR) is 83.6 cm³/mol. The first kappa shape index (κ1) is 18.2. The zero-order valence-electron chi connectivity index (χ0n) is 11.7. The third-order valence-corrected chi connectivity index (χ3v) is 4.14. The van der Waals surface area contributed by atoms with Crippen LogP contribution in [0.4, 0.5) is 8.78 Å². The maximum absolute atomic E-state index is 13.3. The zero-order valence-corrected chi connectivity index (χ0v) is 13.3. The summed E-state index contributed by atoms with van der Waals surface area (Å²) in [6.07, 6.45) is 3.89. The van der Waals surface area contributed by atoms with Gasteiger partial charge in [0.1, 0.15) is 11.6 Å². The van der Waals surface area contributed by atoms with E-state index >= 15 is 0 Å². The molecule has 1 saturated carbocycles. The fraction of sp³-hybridized carbons (Fsp3) is 0.500. The molecule has 2 rings (SSSR count). The predicted octanol–water partition coefficient (Wildman–Crippen LogP) is 2.57. The zero-order chi connectivity index (χ0) is 14.8. The van der Waals surface area contributed by atoms with E-state index in [1.807, 2.05) is 6.26 Å². The molecule has 0 unspecified atom stereocenters. The van der Waals surface area contributed by atoms with E-state index < -0.39 is 23.2 Å². The molecule has 0 radical (unpaired) electrons. The van der Waals surface area contributed by atoms with Crippen molar-refractivity contribution in [1.29, 1.82) is 0 Å². The van der Waals surface area contributed by atoms with Crippen LogP contribution in [0, 0.1) is 11.6 Å². The molecule has 1 aliphatic carbocycles. The topological polar surface area (TPSA) is 55.1 Å². The number of carbonyl (C=O) groups is 1. The van der Waals surface area contributed by atoms with Crippen LogP contribution in [0.25, 0.3) is 0 Å². The summed E-state index contributed by atoms with van der Waals surface area (Å²) in [5, 5.41) is 2.84. The lowest BCUT2D eigenvalue weighted by atomic mass is 10.0. The highest BCUT2D eigenvalue weighted by Crippen LogP contribution is 2.45. The number of hydrogen-bond acceptors (Lipinski definition) is 3. The normalized spacial score (nSPS) is 16.8. The summed E-state index contributed by atoms with van der Waals surface area (Å²) in [5.41, 5.74) is 5.63. The number of nitrogens with two attached hydrogens (primary N) is 1. The monoisotopic (exact) mass is 336 g/mol. The van der Waals surface area contributed by atoms with E-state index in [0.29, 0.717) is 24.8 Å². The summed E-state index contributed by atoms with van der Waals surface area (Å²) in [5.74, 6) is -0.725. The van der Waals surface area contributed by atoms with Gasteiger partial charge in [-0.3, -0.25) is 4.79 Å². The molecule has 3 nitrogen and oxygen atoms in total. The minimum atomic E-state index is -0.642. The first-order valence-electron chi connectivity index (χ1n) is 6.50. The lowest BCUT2D eigenvalue weighted by Crippen LogP contribution is -2.45. The number of carbonyl (C=O) groups excluding carboxylic acids is 1. The van der Waals surface area contributed by atoms with Gasteiger partial charge in [-0.15, -0.1) is 12.4 Å². The highest BCUT2D eigenvalue weighted by molar-refractivity contribution is 7.98. The quantitative estimate of drug-likeness (QED) is 0.839. The summed E-state index contributed by atoms with van der Waals surface area (Å²) in [6.45, 7) is 0. The molecule has 1 atom stereocenters. The number of thioether (sulfide) groups is 1. The van der Waals surface area contributed by atoms with Crippen molar-refractivity contribution in [2.75, 3.05) is 12.0 Å². The lowest BCUT2D eigenvalue weighted by molar-refractivity contribution is -0.123. The van der Waals surface area contributed by atoms with Gasteiger partial charge in [0.25, 0.3) is 0 Å². The minimum absolute atomic E-state index is 0. The van der Waals surface area contributed by atoms with Gasteiger partial charge < -0.3 is 11.1 Å². The molecular weight excluding hydrogens is 318 g/mol. The number of amides is 1.